The molecular formula is C11H21NO. The lowest BCUT2D eigenvalue weighted by Crippen LogP contribution is -2.17. The first-order chi connectivity index (χ1) is 6.45. The summed E-state index contributed by atoms with van der Waals surface area (Å²) in [4.78, 5) is 0. The summed E-state index contributed by atoms with van der Waals surface area (Å²) < 4.78 is 5.87. The Bertz CT molecular complexity index is 137. The average Bonchev–Trinajstić information content (AvgIpc) is 2.91. The summed E-state index contributed by atoms with van der Waals surface area (Å²) in [6, 6.07) is 0. The van der Waals surface area contributed by atoms with E-state index in [-0.39, 0.29) is 0 Å². The second kappa shape index (κ2) is 4.97. The van der Waals surface area contributed by atoms with Gasteiger partial charge in [-0.2, -0.15) is 0 Å². The molecule has 1 aliphatic carbocycles. The van der Waals surface area contributed by atoms with E-state index in [4.69, 9.17) is 4.74 Å². The lowest BCUT2D eigenvalue weighted by atomic mass is 10.1. The fourth-order valence-corrected chi connectivity index (χ4v) is 1.96. The predicted octanol–water partition coefficient (Wildman–Crippen LogP) is 1.95. The van der Waals surface area contributed by atoms with Crippen LogP contribution in [0.25, 0.3) is 0 Å². The zero-order chi connectivity index (χ0) is 8.93. The van der Waals surface area contributed by atoms with Crippen molar-refractivity contribution in [1.82, 2.24) is 5.32 Å². The van der Waals surface area contributed by atoms with E-state index in [2.05, 4.69) is 5.32 Å². The minimum absolute atomic E-state index is 0.550. The van der Waals surface area contributed by atoms with Crippen LogP contribution in [0.3, 0.4) is 0 Å². The third kappa shape index (κ3) is 3.65. The molecule has 0 aromatic rings. The van der Waals surface area contributed by atoms with E-state index in [1.165, 1.54) is 45.1 Å². The molecule has 2 aliphatic rings. The molecule has 0 aromatic heterocycles. The van der Waals surface area contributed by atoms with Crippen molar-refractivity contribution in [3.8, 4) is 0 Å². The summed E-state index contributed by atoms with van der Waals surface area (Å²) in [7, 11) is 0. The molecule has 2 rings (SSSR count). The zero-order valence-electron chi connectivity index (χ0n) is 8.43. The monoisotopic (exact) mass is 183 g/mol. The summed E-state index contributed by atoms with van der Waals surface area (Å²) >= 11 is 0. The van der Waals surface area contributed by atoms with Crippen LogP contribution in [0.4, 0.5) is 0 Å². The van der Waals surface area contributed by atoms with Crippen molar-refractivity contribution in [2.75, 3.05) is 19.7 Å². The van der Waals surface area contributed by atoms with Crippen molar-refractivity contribution in [3.63, 3.8) is 0 Å². The topological polar surface area (TPSA) is 21.3 Å². The average molecular weight is 183 g/mol. The summed E-state index contributed by atoms with van der Waals surface area (Å²) in [5, 5.41) is 3.41. The fraction of sp³-hybridized carbons (Fsp3) is 1.00. The third-order valence-corrected chi connectivity index (χ3v) is 3.10. The Kier molecular flexibility index (Phi) is 3.62. The van der Waals surface area contributed by atoms with Gasteiger partial charge in [0.25, 0.3) is 0 Å². The summed E-state index contributed by atoms with van der Waals surface area (Å²) in [5.41, 5.74) is 0. The highest BCUT2D eigenvalue weighted by molar-refractivity contribution is 4.73. The Morgan fingerprint density at radius 1 is 1.08 bits per heavy atom. The van der Waals surface area contributed by atoms with Crippen molar-refractivity contribution in [2.24, 2.45) is 5.92 Å². The summed E-state index contributed by atoms with van der Waals surface area (Å²) in [6.45, 7) is 3.34. The molecule has 2 nitrogen and oxygen atoms in total. The van der Waals surface area contributed by atoms with E-state index < -0.39 is 0 Å². The van der Waals surface area contributed by atoms with Crippen LogP contribution in [0, 0.1) is 5.92 Å². The Labute approximate surface area is 81.0 Å². The van der Waals surface area contributed by atoms with Gasteiger partial charge in [-0.3, -0.25) is 0 Å². The Balaban J connectivity index is 1.55. The SMILES string of the molecule is C1CNCCC(OCCC2CC2)C1. The van der Waals surface area contributed by atoms with Crippen molar-refractivity contribution < 1.29 is 4.74 Å². The Morgan fingerprint density at radius 3 is 2.85 bits per heavy atom. The van der Waals surface area contributed by atoms with Crippen molar-refractivity contribution in [3.05, 3.63) is 0 Å². The molecule has 2 fully saturated rings. The van der Waals surface area contributed by atoms with E-state index in [0.717, 1.165) is 19.1 Å². The molecule has 1 aliphatic heterocycles. The third-order valence-electron chi connectivity index (χ3n) is 3.10. The van der Waals surface area contributed by atoms with Gasteiger partial charge < -0.3 is 10.1 Å². The molecule has 0 bridgehead atoms. The highest BCUT2D eigenvalue weighted by Gasteiger charge is 2.21. The van der Waals surface area contributed by atoms with E-state index in [9.17, 15) is 0 Å². The lowest BCUT2D eigenvalue weighted by molar-refractivity contribution is 0.0417. The smallest absolute Gasteiger partial charge is 0.0587 e. The standard InChI is InChI=1S/C11H21NO/c1-2-11(5-8-12-7-1)13-9-6-10-3-4-10/h10-12H,1-9H2. The van der Waals surface area contributed by atoms with Crippen LogP contribution in [0.15, 0.2) is 0 Å². The van der Waals surface area contributed by atoms with E-state index >= 15 is 0 Å². The van der Waals surface area contributed by atoms with Crippen LogP contribution < -0.4 is 5.32 Å². The fourth-order valence-electron chi connectivity index (χ4n) is 1.96. The number of ether oxygens (including phenoxy) is 1. The van der Waals surface area contributed by atoms with Crippen LogP contribution in [0.2, 0.25) is 0 Å². The maximum atomic E-state index is 5.87. The molecule has 0 amide bonds. The van der Waals surface area contributed by atoms with Gasteiger partial charge in [-0.25, -0.2) is 0 Å². The van der Waals surface area contributed by atoms with Crippen molar-refractivity contribution >= 4 is 0 Å². The van der Waals surface area contributed by atoms with E-state index in [0.29, 0.717) is 6.10 Å². The van der Waals surface area contributed by atoms with E-state index in [1.807, 2.05) is 0 Å². The van der Waals surface area contributed by atoms with Crippen LogP contribution in [-0.4, -0.2) is 25.8 Å². The number of hydrogen-bond donors (Lipinski definition) is 1. The number of hydrogen-bond acceptors (Lipinski definition) is 2. The number of rotatable bonds is 4. The zero-order valence-corrected chi connectivity index (χ0v) is 8.43. The van der Waals surface area contributed by atoms with Gasteiger partial charge in [0.05, 0.1) is 6.10 Å². The van der Waals surface area contributed by atoms with Crippen LogP contribution in [0.5, 0.6) is 0 Å². The molecule has 0 spiro atoms. The Morgan fingerprint density at radius 2 is 2.00 bits per heavy atom. The second-order valence-corrected chi connectivity index (χ2v) is 4.41. The number of nitrogens with one attached hydrogen (secondary N) is 1. The molecule has 1 unspecified atom stereocenters. The minimum Gasteiger partial charge on any atom is -0.378 e. The van der Waals surface area contributed by atoms with Gasteiger partial charge in [-0.15, -0.1) is 0 Å². The molecule has 1 N–H and O–H groups in total. The van der Waals surface area contributed by atoms with Crippen LogP contribution in [0.1, 0.15) is 38.5 Å². The van der Waals surface area contributed by atoms with Gasteiger partial charge in [0.2, 0.25) is 0 Å². The molecular weight excluding hydrogens is 162 g/mol. The van der Waals surface area contributed by atoms with Gasteiger partial charge in [-0.05, 0) is 44.7 Å². The van der Waals surface area contributed by atoms with Gasteiger partial charge >= 0.3 is 0 Å². The molecule has 1 saturated heterocycles. The van der Waals surface area contributed by atoms with Crippen LogP contribution >= 0.6 is 0 Å². The van der Waals surface area contributed by atoms with E-state index in [1.54, 1.807) is 0 Å². The van der Waals surface area contributed by atoms with Gasteiger partial charge in [-0.1, -0.05) is 12.8 Å². The summed E-state index contributed by atoms with van der Waals surface area (Å²) in [6.07, 6.45) is 8.53. The van der Waals surface area contributed by atoms with Crippen molar-refractivity contribution in [2.45, 2.75) is 44.6 Å². The normalized spacial score (nSPS) is 30.0. The second-order valence-electron chi connectivity index (χ2n) is 4.41. The molecule has 1 saturated carbocycles. The lowest BCUT2D eigenvalue weighted by Gasteiger charge is -2.14. The molecule has 1 atom stereocenters. The maximum absolute atomic E-state index is 5.87. The summed E-state index contributed by atoms with van der Waals surface area (Å²) in [5.74, 6) is 1.02. The first-order valence-corrected chi connectivity index (χ1v) is 5.77. The largest absolute Gasteiger partial charge is 0.378 e. The van der Waals surface area contributed by atoms with Gasteiger partial charge in [0, 0.05) is 6.61 Å². The van der Waals surface area contributed by atoms with Gasteiger partial charge in [0.1, 0.15) is 0 Å². The molecule has 1 heterocycles. The predicted molar refractivity (Wildman–Crippen MR) is 53.8 cm³/mol. The van der Waals surface area contributed by atoms with Crippen molar-refractivity contribution in [1.29, 1.82) is 0 Å². The highest BCUT2D eigenvalue weighted by Crippen LogP contribution is 2.32. The quantitative estimate of drug-likeness (QED) is 0.719. The molecule has 0 radical (unpaired) electrons. The molecule has 13 heavy (non-hydrogen) atoms. The molecule has 0 aromatic carbocycles. The minimum atomic E-state index is 0.550. The first kappa shape index (κ1) is 9.47. The van der Waals surface area contributed by atoms with Gasteiger partial charge in [0.15, 0.2) is 0 Å². The van der Waals surface area contributed by atoms with Crippen LogP contribution in [-0.2, 0) is 4.74 Å². The highest BCUT2D eigenvalue weighted by atomic mass is 16.5. The Hall–Kier alpha value is -0.0800. The molecule has 2 heteroatoms. The maximum Gasteiger partial charge on any atom is 0.0587 e. The first-order valence-electron chi connectivity index (χ1n) is 5.77. The molecule has 76 valence electrons.